The van der Waals surface area contributed by atoms with Gasteiger partial charge in [0.1, 0.15) is 5.01 Å². The van der Waals surface area contributed by atoms with E-state index in [0.29, 0.717) is 12.5 Å². The van der Waals surface area contributed by atoms with E-state index in [1.165, 1.54) is 0 Å². The highest BCUT2D eigenvalue weighted by atomic mass is 32.1. The minimum atomic E-state index is 0.00458. The highest BCUT2D eigenvalue weighted by Gasteiger charge is 2.16. The maximum atomic E-state index is 5.94. The lowest BCUT2D eigenvalue weighted by molar-refractivity contribution is 0.147. The lowest BCUT2D eigenvalue weighted by atomic mass is 10.1. The third-order valence-electron chi connectivity index (χ3n) is 1.78. The monoisotopic (exact) mass is 186 g/mol. The van der Waals surface area contributed by atoms with Crippen molar-refractivity contribution in [3.8, 4) is 0 Å². The van der Waals surface area contributed by atoms with Gasteiger partial charge in [-0.25, -0.2) is 4.98 Å². The second-order valence-corrected chi connectivity index (χ2v) is 3.75. The maximum Gasteiger partial charge on any atom is 0.110 e. The van der Waals surface area contributed by atoms with Crippen LogP contribution < -0.4 is 5.73 Å². The van der Waals surface area contributed by atoms with Crippen molar-refractivity contribution < 1.29 is 4.74 Å². The van der Waals surface area contributed by atoms with Crippen LogP contribution in [0.5, 0.6) is 0 Å². The minimum absolute atomic E-state index is 0.00458. The maximum absolute atomic E-state index is 5.94. The summed E-state index contributed by atoms with van der Waals surface area (Å²) < 4.78 is 5.02. The zero-order valence-corrected chi connectivity index (χ0v) is 8.17. The second-order valence-electron chi connectivity index (χ2n) is 2.83. The Hall–Kier alpha value is -0.450. The van der Waals surface area contributed by atoms with E-state index in [1.54, 1.807) is 24.6 Å². The van der Waals surface area contributed by atoms with Crippen LogP contribution in [0.25, 0.3) is 0 Å². The first kappa shape index (κ1) is 9.64. The van der Waals surface area contributed by atoms with Crippen LogP contribution in [0, 0.1) is 5.92 Å². The number of rotatable bonds is 4. The SMILES string of the molecule is COCC(C)C(N)c1nccs1. The van der Waals surface area contributed by atoms with Crippen LogP contribution in [-0.4, -0.2) is 18.7 Å². The van der Waals surface area contributed by atoms with Crippen LogP contribution in [-0.2, 0) is 4.74 Å². The first-order chi connectivity index (χ1) is 5.75. The summed E-state index contributed by atoms with van der Waals surface area (Å²) in [6.07, 6.45) is 1.78. The van der Waals surface area contributed by atoms with E-state index in [0.717, 1.165) is 5.01 Å². The fourth-order valence-electron chi connectivity index (χ4n) is 1.01. The molecule has 12 heavy (non-hydrogen) atoms. The normalized spacial score (nSPS) is 15.9. The number of methoxy groups -OCH3 is 1. The molecule has 0 aliphatic rings. The van der Waals surface area contributed by atoms with Crippen molar-refractivity contribution in [3.63, 3.8) is 0 Å². The van der Waals surface area contributed by atoms with Crippen LogP contribution in [0.2, 0.25) is 0 Å². The molecule has 2 unspecified atom stereocenters. The summed E-state index contributed by atoms with van der Waals surface area (Å²) >= 11 is 1.59. The molecular formula is C8H14N2OS. The van der Waals surface area contributed by atoms with Crippen LogP contribution in [0.4, 0.5) is 0 Å². The lowest BCUT2D eigenvalue weighted by Gasteiger charge is -2.16. The van der Waals surface area contributed by atoms with Gasteiger partial charge in [0.05, 0.1) is 12.6 Å². The topological polar surface area (TPSA) is 48.1 Å². The van der Waals surface area contributed by atoms with E-state index in [2.05, 4.69) is 11.9 Å². The van der Waals surface area contributed by atoms with E-state index in [9.17, 15) is 0 Å². The number of nitrogens with two attached hydrogens (primary N) is 1. The molecule has 4 heteroatoms. The van der Waals surface area contributed by atoms with E-state index < -0.39 is 0 Å². The number of nitrogens with zero attached hydrogens (tertiary/aromatic N) is 1. The van der Waals surface area contributed by atoms with Gasteiger partial charge in [-0.1, -0.05) is 6.92 Å². The summed E-state index contributed by atoms with van der Waals surface area (Å²) in [5.74, 6) is 0.321. The molecule has 0 saturated carbocycles. The zero-order valence-electron chi connectivity index (χ0n) is 7.36. The van der Waals surface area contributed by atoms with E-state index in [-0.39, 0.29) is 6.04 Å². The first-order valence-electron chi connectivity index (χ1n) is 3.89. The third-order valence-corrected chi connectivity index (χ3v) is 2.66. The van der Waals surface area contributed by atoms with E-state index in [1.807, 2.05) is 5.38 Å². The third kappa shape index (κ3) is 2.27. The molecule has 0 bridgehead atoms. The molecular weight excluding hydrogens is 172 g/mol. The summed E-state index contributed by atoms with van der Waals surface area (Å²) in [6, 6.07) is 0.00458. The molecule has 0 amide bonds. The van der Waals surface area contributed by atoms with Gasteiger partial charge in [-0.3, -0.25) is 0 Å². The Kier molecular flexibility index (Phi) is 3.65. The summed E-state index contributed by atoms with van der Waals surface area (Å²) in [5, 5.41) is 2.92. The predicted octanol–water partition coefficient (Wildman–Crippen LogP) is 1.43. The smallest absolute Gasteiger partial charge is 0.110 e. The van der Waals surface area contributed by atoms with Gasteiger partial charge >= 0.3 is 0 Å². The Bertz CT molecular complexity index is 213. The molecule has 0 saturated heterocycles. The van der Waals surface area contributed by atoms with Crippen LogP contribution in [0.1, 0.15) is 18.0 Å². The molecule has 1 rings (SSSR count). The van der Waals surface area contributed by atoms with Gasteiger partial charge in [0.25, 0.3) is 0 Å². The Balaban J connectivity index is 2.53. The molecule has 0 spiro atoms. The highest BCUT2D eigenvalue weighted by molar-refractivity contribution is 7.09. The summed E-state index contributed by atoms with van der Waals surface area (Å²) in [7, 11) is 1.69. The molecule has 0 aliphatic carbocycles. The number of aromatic nitrogens is 1. The largest absolute Gasteiger partial charge is 0.384 e. The van der Waals surface area contributed by atoms with Crippen LogP contribution in [0.3, 0.4) is 0 Å². The molecule has 3 nitrogen and oxygen atoms in total. The molecule has 0 radical (unpaired) electrons. The quantitative estimate of drug-likeness (QED) is 0.773. The van der Waals surface area contributed by atoms with Gasteiger partial charge in [-0.05, 0) is 0 Å². The fraction of sp³-hybridized carbons (Fsp3) is 0.625. The van der Waals surface area contributed by atoms with E-state index in [4.69, 9.17) is 10.5 Å². The molecule has 1 aromatic heterocycles. The summed E-state index contributed by atoms with van der Waals surface area (Å²) in [5.41, 5.74) is 5.94. The van der Waals surface area contributed by atoms with Gasteiger partial charge in [-0.15, -0.1) is 11.3 Å². The van der Waals surface area contributed by atoms with Gasteiger partial charge < -0.3 is 10.5 Å². The number of hydrogen-bond acceptors (Lipinski definition) is 4. The summed E-state index contributed by atoms with van der Waals surface area (Å²) in [6.45, 7) is 2.75. The molecule has 0 aromatic carbocycles. The molecule has 68 valence electrons. The van der Waals surface area contributed by atoms with Gasteiger partial charge in [0, 0.05) is 24.6 Å². The van der Waals surface area contributed by atoms with Gasteiger partial charge in [0.15, 0.2) is 0 Å². The molecule has 1 aromatic rings. The van der Waals surface area contributed by atoms with Crippen molar-refractivity contribution in [1.82, 2.24) is 4.98 Å². The van der Waals surface area contributed by atoms with Gasteiger partial charge in [-0.2, -0.15) is 0 Å². The first-order valence-corrected chi connectivity index (χ1v) is 4.77. The molecule has 0 fully saturated rings. The standard InChI is InChI=1S/C8H14N2OS/c1-6(5-11-2)7(9)8-10-3-4-12-8/h3-4,6-7H,5,9H2,1-2H3. The summed E-state index contributed by atoms with van der Waals surface area (Å²) in [4.78, 5) is 4.16. The van der Waals surface area contributed by atoms with Crippen molar-refractivity contribution in [3.05, 3.63) is 16.6 Å². The fourth-order valence-corrected chi connectivity index (χ4v) is 1.78. The predicted molar refractivity (Wildman–Crippen MR) is 50.1 cm³/mol. The Morgan fingerprint density at radius 2 is 2.50 bits per heavy atom. The zero-order chi connectivity index (χ0) is 8.97. The average molecular weight is 186 g/mol. The van der Waals surface area contributed by atoms with Crippen molar-refractivity contribution in [2.75, 3.05) is 13.7 Å². The van der Waals surface area contributed by atoms with E-state index >= 15 is 0 Å². The lowest BCUT2D eigenvalue weighted by Crippen LogP contribution is -2.22. The Morgan fingerprint density at radius 1 is 1.75 bits per heavy atom. The molecule has 1 heterocycles. The minimum Gasteiger partial charge on any atom is -0.384 e. The number of thiazole rings is 1. The Labute approximate surface area is 76.6 Å². The average Bonchev–Trinajstić information content (AvgIpc) is 2.55. The van der Waals surface area contributed by atoms with Crippen molar-refractivity contribution in [2.24, 2.45) is 11.7 Å². The molecule has 0 aliphatic heterocycles. The number of hydrogen-bond donors (Lipinski definition) is 1. The number of ether oxygens (including phenoxy) is 1. The van der Waals surface area contributed by atoms with Gasteiger partial charge in [0.2, 0.25) is 0 Å². The molecule has 2 atom stereocenters. The van der Waals surface area contributed by atoms with Crippen LogP contribution in [0.15, 0.2) is 11.6 Å². The Morgan fingerprint density at radius 3 is 3.00 bits per heavy atom. The van der Waals surface area contributed by atoms with Crippen molar-refractivity contribution >= 4 is 11.3 Å². The molecule has 2 N–H and O–H groups in total. The van der Waals surface area contributed by atoms with Crippen molar-refractivity contribution in [2.45, 2.75) is 13.0 Å². The van der Waals surface area contributed by atoms with Crippen LogP contribution >= 0.6 is 11.3 Å². The van der Waals surface area contributed by atoms with Crippen molar-refractivity contribution in [1.29, 1.82) is 0 Å². The second kappa shape index (κ2) is 4.54. The highest BCUT2D eigenvalue weighted by Crippen LogP contribution is 2.20.